The highest BCUT2D eigenvalue weighted by molar-refractivity contribution is 8.18. The van der Waals surface area contributed by atoms with Crippen molar-refractivity contribution in [1.29, 1.82) is 0 Å². The summed E-state index contributed by atoms with van der Waals surface area (Å²) in [6.07, 6.45) is 1.89. The number of aromatic nitrogens is 1. The molecule has 1 aromatic heterocycles. The number of thioether (sulfide) groups is 1. The number of carbonyl (C=O) groups excluding carboxylic acids is 1. The second-order valence-electron chi connectivity index (χ2n) is 8.85. The number of carbonyl (C=O) groups is 2. The molecule has 6 nitrogen and oxygen atoms in total. The third-order valence-electron chi connectivity index (χ3n) is 6.25. The van der Waals surface area contributed by atoms with Crippen LogP contribution in [-0.4, -0.2) is 31.6 Å². The summed E-state index contributed by atoms with van der Waals surface area (Å²) < 4.78 is 1.99. The minimum absolute atomic E-state index is 0.0527. The summed E-state index contributed by atoms with van der Waals surface area (Å²) in [5.41, 5.74) is 5.33. The van der Waals surface area contributed by atoms with Crippen LogP contribution in [-0.2, 0) is 11.3 Å². The summed E-state index contributed by atoms with van der Waals surface area (Å²) in [5, 5.41) is 10.1. The number of carboxylic acids is 1. The predicted octanol–water partition coefficient (Wildman–Crippen LogP) is 7.25. The molecule has 0 spiro atoms. The largest absolute Gasteiger partial charge is 0.478 e. The maximum Gasteiger partial charge on any atom is 0.337 e. The first-order valence-electron chi connectivity index (χ1n) is 11.9. The van der Waals surface area contributed by atoms with Gasteiger partial charge in [-0.05, 0) is 79.2 Å². The van der Waals surface area contributed by atoms with E-state index in [9.17, 15) is 14.7 Å². The van der Waals surface area contributed by atoms with Crippen LogP contribution in [0.2, 0.25) is 5.02 Å². The first-order valence-corrected chi connectivity index (χ1v) is 13.1. The molecule has 1 saturated heterocycles. The number of hydrogen-bond donors (Lipinski definition) is 1. The normalized spacial score (nSPS) is 15.6. The van der Waals surface area contributed by atoms with E-state index in [1.54, 1.807) is 17.0 Å². The van der Waals surface area contributed by atoms with E-state index in [-0.39, 0.29) is 16.5 Å². The molecular weight excluding hydrogens is 518 g/mol. The second-order valence-corrected chi connectivity index (χ2v) is 10.3. The van der Waals surface area contributed by atoms with Gasteiger partial charge in [0.05, 0.1) is 27.7 Å². The van der Waals surface area contributed by atoms with Gasteiger partial charge in [-0.15, -0.1) is 0 Å². The number of aryl methyl sites for hydroxylation is 1. The molecule has 1 N–H and O–H groups in total. The van der Waals surface area contributed by atoms with Gasteiger partial charge in [-0.2, -0.15) is 0 Å². The van der Waals surface area contributed by atoms with Crippen LogP contribution in [0.15, 0.2) is 94.8 Å². The highest BCUT2D eigenvalue weighted by Gasteiger charge is 2.34. The fourth-order valence-corrected chi connectivity index (χ4v) is 5.64. The SMILES string of the molecule is Cc1cc(/C=C2\SC(=Nc3ccccc3)N(Cc3ccccc3)C2=O)c(C)n1-c1ccc(C(=O)O)c(Cl)c1. The van der Waals surface area contributed by atoms with Crippen LogP contribution in [0.25, 0.3) is 11.8 Å². The molecule has 1 fully saturated rings. The number of hydrogen-bond acceptors (Lipinski definition) is 4. The summed E-state index contributed by atoms with van der Waals surface area (Å²) in [6, 6.07) is 26.3. The maximum absolute atomic E-state index is 13.6. The Morgan fingerprint density at radius 2 is 1.68 bits per heavy atom. The van der Waals surface area contributed by atoms with Crippen LogP contribution in [0.3, 0.4) is 0 Å². The van der Waals surface area contributed by atoms with E-state index in [0.717, 1.165) is 33.9 Å². The van der Waals surface area contributed by atoms with Crippen molar-refractivity contribution in [2.24, 2.45) is 4.99 Å². The van der Waals surface area contributed by atoms with Crippen LogP contribution >= 0.6 is 23.4 Å². The molecule has 0 unspecified atom stereocenters. The van der Waals surface area contributed by atoms with Crippen molar-refractivity contribution in [1.82, 2.24) is 9.47 Å². The number of carboxylic acid groups (broad SMARTS) is 1. The minimum Gasteiger partial charge on any atom is -0.478 e. The molecule has 190 valence electrons. The van der Waals surface area contributed by atoms with E-state index >= 15 is 0 Å². The molecule has 3 aromatic carbocycles. The summed E-state index contributed by atoms with van der Waals surface area (Å²) in [5.74, 6) is -1.18. The predicted molar refractivity (Wildman–Crippen MR) is 153 cm³/mol. The van der Waals surface area contributed by atoms with E-state index in [1.165, 1.54) is 17.8 Å². The lowest BCUT2D eigenvalue weighted by Crippen LogP contribution is -2.28. The zero-order valence-electron chi connectivity index (χ0n) is 20.8. The van der Waals surface area contributed by atoms with Gasteiger partial charge in [-0.3, -0.25) is 9.69 Å². The van der Waals surface area contributed by atoms with Gasteiger partial charge in [0.25, 0.3) is 5.91 Å². The van der Waals surface area contributed by atoms with Gasteiger partial charge in [0.2, 0.25) is 0 Å². The standard InChI is InChI=1S/C30H24ClN3O3S/c1-19-15-22(20(2)34(19)24-13-14-25(29(36)37)26(31)17-24)16-27-28(35)33(18-21-9-5-3-6-10-21)30(38-27)32-23-11-7-4-8-12-23/h3-17H,18H2,1-2H3,(H,36,37)/b27-16-,32-30?. The number of amides is 1. The van der Waals surface area contributed by atoms with Gasteiger partial charge in [-0.25, -0.2) is 9.79 Å². The van der Waals surface area contributed by atoms with E-state index in [2.05, 4.69) is 0 Å². The Labute approximate surface area is 229 Å². The summed E-state index contributed by atoms with van der Waals surface area (Å²) >= 11 is 7.59. The third kappa shape index (κ3) is 5.16. The zero-order valence-corrected chi connectivity index (χ0v) is 22.3. The molecule has 1 aliphatic rings. The molecule has 2 heterocycles. The van der Waals surface area contributed by atoms with Gasteiger partial charge in [-0.1, -0.05) is 60.1 Å². The number of nitrogens with zero attached hydrogens (tertiary/aromatic N) is 3. The summed E-state index contributed by atoms with van der Waals surface area (Å²) in [4.78, 5) is 32.0. The second kappa shape index (κ2) is 10.7. The van der Waals surface area contributed by atoms with Crippen molar-refractivity contribution in [3.8, 4) is 5.69 Å². The highest BCUT2D eigenvalue weighted by atomic mass is 35.5. The van der Waals surface area contributed by atoms with Crippen LogP contribution in [0.5, 0.6) is 0 Å². The Kier molecular flexibility index (Phi) is 7.22. The number of amidine groups is 1. The average Bonchev–Trinajstić information content (AvgIpc) is 3.34. The Bertz CT molecular complexity index is 1590. The first kappa shape index (κ1) is 25.6. The number of halogens is 1. The number of aliphatic imine (C=N–C) groups is 1. The van der Waals surface area contributed by atoms with E-state index in [0.29, 0.717) is 16.6 Å². The van der Waals surface area contributed by atoms with Crippen molar-refractivity contribution in [3.63, 3.8) is 0 Å². The van der Waals surface area contributed by atoms with Crippen LogP contribution in [0, 0.1) is 13.8 Å². The molecular formula is C30H24ClN3O3S. The number of para-hydroxylation sites is 1. The summed E-state index contributed by atoms with van der Waals surface area (Å²) in [7, 11) is 0. The van der Waals surface area contributed by atoms with E-state index < -0.39 is 5.97 Å². The molecule has 0 radical (unpaired) electrons. The molecule has 1 aliphatic heterocycles. The number of rotatable bonds is 6. The lowest BCUT2D eigenvalue weighted by atomic mass is 10.2. The third-order valence-corrected chi connectivity index (χ3v) is 7.57. The Morgan fingerprint density at radius 3 is 2.34 bits per heavy atom. The van der Waals surface area contributed by atoms with Crippen LogP contribution < -0.4 is 0 Å². The quantitative estimate of drug-likeness (QED) is 0.261. The lowest BCUT2D eigenvalue weighted by Gasteiger charge is -2.15. The van der Waals surface area contributed by atoms with Crippen molar-refractivity contribution >= 4 is 52.2 Å². The van der Waals surface area contributed by atoms with E-state index in [4.69, 9.17) is 16.6 Å². The smallest absolute Gasteiger partial charge is 0.337 e. The Hall–Kier alpha value is -4.07. The highest BCUT2D eigenvalue weighted by Crippen LogP contribution is 2.36. The first-order chi connectivity index (χ1) is 18.3. The molecule has 4 aromatic rings. The number of benzene rings is 3. The van der Waals surface area contributed by atoms with Crippen molar-refractivity contribution in [2.75, 3.05) is 0 Å². The topological polar surface area (TPSA) is 74.9 Å². The fraction of sp³-hybridized carbons (Fsp3) is 0.100. The van der Waals surface area contributed by atoms with Gasteiger partial charge < -0.3 is 9.67 Å². The lowest BCUT2D eigenvalue weighted by molar-refractivity contribution is -0.122. The molecule has 8 heteroatoms. The minimum atomic E-state index is -1.07. The number of aromatic carboxylic acids is 1. The molecule has 5 rings (SSSR count). The maximum atomic E-state index is 13.6. The van der Waals surface area contributed by atoms with Crippen LogP contribution in [0.1, 0.15) is 32.9 Å². The van der Waals surface area contributed by atoms with E-state index in [1.807, 2.05) is 91.2 Å². The molecule has 0 aliphatic carbocycles. The van der Waals surface area contributed by atoms with Gasteiger partial charge >= 0.3 is 5.97 Å². The fourth-order valence-electron chi connectivity index (χ4n) is 4.40. The summed E-state index contributed by atoms with van der Waals surface area (Å²) in [6.45, 7) is 4.34. The molecule has 0 atom stereocenters. The van der Waals surface area contributed by atoms with Crippen molar-refractivity contribution in [2.45, 2.75) is 20.4 Å². The van der Waals surface area contributed by atoms with Crippen molar-refractivity contribution in [3.05, 3.63) is 123 Å². The van der Waals surface area contributed by atoms with Gasteiger partial charge in [0.1, 0.15) is 0 Å². The van der Waals surface area contributed by atoms with Crippen molar-refractivity contribution < 1.29 is 14.7 Å². The van der Waals surface area contributed by atoms with Crippen LogP contribution in [0.4, 0.5) is 5.69 Å². The molecule has 0 saturated carbocycles. The monoisotopic (exact) mass is 541 g/mol. The van der Waals surface area contributed by atoms with Gasteiger partial charge in [0.15, 0.2) is 5.17 Å². The zero-order chi connectivity index (χ0) is 26.8. The molecule has 0 bridgehead atoms. The van der Waals surface area contributed by atoms with Gasteiger partial charge in [0, 0.05) is 17.1 Å². The Balaban J connectivity index is 1.52. The average molecular weight is 542 g/mol. The molecule has 38 heavy (non-hydrogen) atoms. The molecule has 1 amide bonds. The Morgan fingerprint density at radius 1 is 1.00 bits per heavy atom.